The fraction of sp³-hybridized carbons (Fsp3) is 0.200. The lowest BCUT2D eigenvalue weighted by atomic mass is 10.2. The van der Waals surface area contributed by atoms with E-state index < -0.39 is 0 Å². The van der Waals surface area contributed by atoms with Crippen LogP contribution in [0, 0.1) is 6.92 Å². The number of aromatic nitrogens is 1. The molecular weight excluding hydrogens is 240 g/mol. The molecule has 1 aromatic carbocycles. The van der Waals surface area contributed by atoms with E-state index in [-0.39, 0.29) is 11.5 Å². The van der Waals surface area contributed by atoms with Gasteiger partial charge in [0, 0.05) is 30.9 Å². The van der Waals surface area contributed by atoms with Crippen LogP contribution in [0.25, 0.3) is 0 Å². The fourth-order valence-corrected chi connectivity index (χ4v) is 1.78. The highest BCUT2D eigenvalue weighted by molar-refractivity contribution is 5.94. The molecule has 0 saturated heterocycles. The minimum absolute atomic E-state index is 0.176. The molecule has 0 aliphatic heterocycles. The summed E-state index contributed by atoms with van der Waals surface area (Å²) in [6.07, 6.45) is 0. The zero-order valence-electron chi connectivity index (χ0n) is 11.0. The highest BCUT2D eigenvalue weighted by Crippen LogP contribution is 2.02. The van der Waals surface area contributed by atoms with Gasteiger partial charge in [0.05, 0.1) is 0 Å². The number of pyridine rings is 1. The van der Waals surface area contributed by atoms with Crippen LogP contribution in [0.15, 0.2) is 47.3 Å². The lowest BCUT2D eigenvalue weighted by Gasteiger charge is -2.08. The molecule has 1 amide bonds. The van der Waals surface area contributed by atoms with Gasteiger partial charge >= 0.3 is 0 Å². The van der Waals surface area contributed by atoms with Crippen molar-refractivity contribution in [3.8, 4) is 0 Å². The van der Waals surface area contributed by atoms with Crippen LogP contribution in [-0.2, 0) is 13.6 Å². The van der Waals surface area contributed by atoms with Crippen LogP contribution in [0.2, 0.25) is 0 Å². The Hall–Kier alpha value is -2.36. The molecule has 0 radical (unpaired) electrons. The maximum Gasteiger partial charge on any atom is 0.251 e. The zero-order valence-corrected chi connectivity index (χ0v) is 11.0. The molecule has 1 N–H and O–H groups in total. The van der Waals surface area contributed by atoms with Crippen LogP contribution in [-0.4, -0.2) is 10.5 Å². The summed E-state index contributed by atoms with van der Waals surface area (Å²) in [5.41, 5.74) is 2.01. The molecule has 0 spiro atoms. The number of nitrogens with one attached hydrogen (secondary N) is 1. The lowest BCUT2D eigenvalue weighted by Crippen LogP contribution is -2.26. The second-order valence-electron chi connectivity index (χ2n) is 4.45. The third kappa shape index (κ3) is 3.10. The standard InChI is InChI=1S/C15H16N2O2/c1-11-8-13(9-14(18)17(11)2)15(19)16-10-12-6-4-3-5-7-12/h3-9H,10H2,1-2H3,(H,16,19). The molecule has 0 bridgehead atoms. The summed E-state index contributed by atoms with van der Waals surface area (Å²) in [5, 5.41) is 2.80. The van der Waals surface area contributed by atoms with Gasteiger partial charge in [-0.1, -0.05) is 30.3 Å². The summed E-state index contributed by atoms with van der Waals surface area (Å²) in [4.78, 5) is 23.6. The Morgan fingerprint density at radius 2 is 1.89 bits per heavy atom. The van der Waals surface area contributed by atoms with Gasteiger partial charge in [0.15, 0.2) is 0 Å². The van der Waals surface area contributed by atoms with Crippen LogP contribution >= 0.6 is 0 Å². The smallest absolute Gasteiger partial charge is 0.251 e. The normalized spacial score (nSPS) is 10.2. The molecule has 1 heterocycles. The summed E-state index contributed by atoms with van der Waals surface area (Å²) in [6, 6.07) is 12.7. The van der Waals surface area contributed by atoms with Gasteiger partial charge in [-0.25, -0.2) is 0 Å². The van der Waals surface area contributed by atoms with Crippen molar-refractivity contribution in [1.29, 1.82) is 0 Å². The first kappa shape index (κ1) is 13.1. The van der Waals surface area contributed by atoms with Gasteiger partial charge in [-0.2, -0.15) is 0 Å². The van der Waals surface area contributed by atoms with Crippen LogP contribution in [0.3, 0.4) is 0 Å². The molecule has 19 heavy (non-hydrogen) atoms. The van der Waals surface area contributed by atoms with Crippen molar-refractivity contribution >= 4 is 5.91 Å². The summed E-state index contributed by atoms with van der Waals surface area (Å²) in [7, 11) is 1.68. The molecule has 0 saturated carbocycles. The number of aryl methyl sites for hydroxylation is 1. The van der Waals surface area contributed by atoms with Crippen molar-refractivity contribution in [3.05, 3.63) is 69.6 Å². The number of benzene rings is 1. The molecule has 98 valence electrons. The van der Waals surface area contributed by atoms with Crippen molar-refractivity contribution < 1.29 is 4.79 Å². The first-order valence-corrected chi connectivity index (χ1v) is 6.08. The SMILES string of the molecule is Cc1cc(C(=O)NCc2ccccc2)cc(=O)n1C. The number of nitrogens with zero attached hydrogens (tertiary/aromatic N) is 1. The van der Waals surface area contributed by atoms with E-state index in [1.807, 2.05) is 30.3 Å². The van der Waals surface area contributed by atoms with E-state index in [4.69, 9.17) is 0 Å². The van der Waals surface area contributed by atoms with Gasteiger partial charge in [-0.05, 0) is 18.6 Å². The van der Waals surface area contributed by atoms with Crippen molar-refractivity contribution in [2.45, 2.75) is 13.5 Å². The Labute approximate surface area is 111 Å². The van der Waals surface area contributed by atoms with Gasteiger partial charge in [0.2, 0.25) is 0 Å². The first-order chi connectivity index (χ1) is 9.08. The quantitative estimate of drug-likeness (QED) is 0.907. The van der Waals surface area contributed by atoms with Crippen LogP contribution < -0.4 is 10.9 Å². The van der Waals surface area contributed by atoms with E-state index in [1.54, 1.807) is 20.0 Å². The number of carbonyl (C=O) groups excluding carboxylic acids is 1. The highest BCUT2D eigenvalue weighted by atomic mass is 16.2. The van der Waals surface area contributed by atoms with Crippen LogP contribution in [0.4, 0.5) is 0 Å². The monoisotopic (exact) mass is 256 g/mol. The molecule has 2 aromatic rings. The van der Waals surface area contributed by atoms with Crippen LogP contribution in [0.1, 0.15) is 21.6 Å². The summed E-state index contributed by atoms with van der Waals surface area (Å²) in [5.74, 6) is -0.232. The first-order valence-electron chi connectivity index (χ1n) is 6.08. The van der Waals surface area contributed by atoms with Gasteiger partial charge in [-0.3, -0.25) is 9.59 Å². The Morgan fingerprint density at radius 1 is 1.21 bits per heavy atom. The predicted molar refractivity (Wildman–Crippen MR) is 74.0 cm³/mol. The number of hydrogen-bond donors (Lipinski definition) is 1. The third-order valence-electron chi connectivity index (χ3n) is 3.06. The Kier molecular flexibility index (Phi) is 3.80. The molecular formula is C15H16N2O2. The Morgan fingerprint density at radius 3 is 2.53 bits per heavy atom. The molecule has 0 fully saturated rings. The van der Waals surface area contributed by atoms with E-state index in [9.17, 15) is 9.59 Å². The average molecular weight is 256 g/mol. The van der Waals surface area contributed by atoms with Crippen molar-refractivity contribution in [3.63, 3.8) is 0 Å². The largest absolute Gasteiger partial charge is 0.348 e. The topological polar surface area (TPSA) is 51.1 Å². The summed E-state index contributed by atoms with van der Waals surface area (Å²) >= 11 is 0. The van der Waals surface area contributed by atoms with E-state index in [1.165, 1.54) is 10.6 Å². The zero-order chi connectivity index (χ0) is 13.8. The molecule has 0 aliphatic carbocycles. The van der Waals surface area contributed by atoms with Crippen molar-refractivity contribution in [1.82, 2.24) is 9.88 Å². The number of amides is 1. The van der Waals surface area contributed by atoms with Crippen LogP contribution in [0.5, 0.6) is 0 Å². The number of hydrogen-bond acceptors (Lipinski definition) is 2. The van der Waals surface area contributed by atoms with E-state index in [0.29, 0.717) is 12.1 Å². The second-order valence-corrected chi connectivity index (χ2v) is 4.45. The predicted octanol–water partition coefficient (Wildman–Crippen LogP) is 1.62. The maximum atomic E-state index is 12.0. The summed E-state index contributed by atoms with van der Waals surface area (Å²) in [6.45, 7) is 2.25. The minimum atomic E-state index is -0.232. The number of rotatable bonds is 3. The molecule has 2 rings (SSSR count). The third-order valence-corrected chi connectivity index (χ3v) is 3.06. The minimum Gasteiger partial charge on any atom is -0.348 e. The average Bonchev–Trinajstić information content (AvgIpc) is 2.42. The second kappa shape index (κ2) is 5.52. The summed E-state index contributed by atoms with van der Waals surface area (Å²) < 4.78 is 1.51. The van der Waals surface area contributed by atoms with E-state index >= 15 is 0 Å². The highest BCUT2D eigenvalue weighted by Gasteiger charge is 2.08. The molecule has 4 heteroatoms. The van der Waals surface area contributed by atoms with Gasteiger partial charge in [0.25, 0.3) is 11.5 Å². The Balaban J connectivity index is 2.11. The Bertz CT molecular complexity index is 645. The lowest BCUT2D eigenvalue weighted by molar-refractivity contribution is 0.0950. The van der Waals surface area contributed by atoms with Gasteiger partial charge in [-0.15, -0.1) is 0 Å². The molecule has 0 unspecified atom stereocenters. The molecule has 4 nitrogen and oxygen atoms in total. The van der Waals surface area contributed by atoms with Crippen molar-refractivity contribution in [2.24, 2.45) is 7.05 Å². The molecule has 0 atom stereocenters. The molecule has 1 aromatic heterocycles. The molecule has 0 aliphatic rings. The van der Waals surface area contributed by atoms with Crippen molar-refractivity contribution in [2.75, 3.05) is 0 Å². The van der Waals surface area contributed by atoms with Gasteiger partial charge in [0.1, 0.15) is 0 Å². The fourth-order valence-electron chi connectivity index (χ4n) is 1.78. The number of carbonyl (C=O) groups is 1. The maximum absolute atomic E-state index is 12.0. The van der Waals surface area contributed by atoms with Gasteiger partial charge < -0.3 is 9.88 Å². The van der Waals surface area contributed by atoms with E-state index in [2.05, 4.69) is 5.32 Å². The van der Waals surface area contributed by atoms with E-state index in [0.717, 1.165) is 11.3 Å².